The minimum absolute atomic E-state index is 0.170. The minimum Gasteiger partial charge on any atom is -0.494 e. The summed E-state index contributed by atoms with van der Waals surface area (Å²) in [4.78, 5) is 10.2. The Kier molecular flexibility index (Phi) is 4.85. The highest BCUT2D eigenvalue weighted by molar-refractivity contribution is 7.92. The lowest BCUT2D eigenvalue weighted by molar-refractivity contribution is -0.385. The molecule has 1 N–H and O–H groups in total. The first-order valence-corrected chi connectivity index (χ1v) is 8.32. The lowest BCUT2D eigenvalue weighted by Gasteiger charge is -2.10. The van der Waals surface area contributed by atoms with Crippen molar-refractivity contribution in [2.45, 2.75) is 18.7 Å². The molecule has 0 bridgehead atoms. The van der Waals surface area contributed by atoms with Gasteiger partial charge in [0.25, 0.3) is 15.7 Å². The third-order valence-electron chi connectivity index (χ3n) is 3.08. The fourth-order valence-electron chi connectivity index (χ4n) is 1.98. The summed E-state index contributed by atoms with van der Waals surface area (Å²) >= 11 is 0. The molecule has 0 aliphatic rings. The zero-order chi connectivity index (χ0) is 17.0. The van der Waals surface area contributed by atoms with Crippen LogP contribution >= 0.6 is 0 Å². The molecule has 0 unspecified atom stereocenters. The number of nitro groups is 1. The van der Waals surface area contributed by atoms with Gasteiger partial charge in [0.15, 0.2) is 0 Å². The standard InChI is InChI=1S/C15H16N2O5S/c1-3-22-13-6-4-5-12(9-13)16-23(20,21)14-8-7-11(2)15(10-14)17(18)19/h4-10,16H,3H2,1-2H3. The predicted molar refractivity (Wildman–Crippen MR) is 86.3 cm³/mol. The molecule has 2 aromatic rings. The Bertz CT molecular complexity index is 834. The van der Waals surface area contributed by atoms with Crippen LogP contribution in [-0.4, -0.2) is 19.9 Å². The maximum Gasteiger partial charge on any atom is 0.273 e. The zero-order valence-corrected chi connectivity index (χ0v) is 13.5. The van der Waals surface area contributed by atoms with Crippen molar-refractivity contribution < 1.29 is 18.1 Å². The number of nitrogens with zero attached hydrogens (tertiary/aromatic N) is 1. The van der Waals surface area contributed by atoms with Gasteiger partial charge >= 0.3 is 0 Å². The second-order valence-corrected chi connectivity index (χ2v) is 6.45. The summed E-state index contributed by atoms with van der Waals surface area (Å²) in [7, 11) is -3.93. The molecule has 7 nitrogen and oxygen atoms in total. The van der Waals surface area contributed by atoms with Gasteiger partial charge in [-0.3, -0.25) is 14.8 Å². The number of aryl methyl sites for hydroxylation is 1. The van der Waals surface area contributed by atoms with Crippen LogP contribution in [0, 0.1) is 17.0 Å². The summed E-state index contributed by atoms with van der Waals surface area (Å²) in [5, 5.41) is 10.9. The van der Waals surface area contributed by atoms with Gasteiger partial charge in [-0.05, 0) is 32.0 Å². The Labute approximate surface area is 134 Å². The molecule has 0 spiro atoms. The van der Waals surface area contributed by atoms with Crippen LogP contribution in [0.2, 0.25) is 0 Å². The van der Waals surface area contributed by atoms with Crippen molar-refractivity contribution in [3.8, 4) is 5.75 Å². The molecule has 0 heterocycles. The minimum atomic E-state index is -3.93. The summed E-state index contributed by atoms with van der Waals surface area (Å²) in [6.45, 7) is 3.83. The van der Waals surface area contributed by atoms with Crippen molar-refractivity contribution in [2.24, 2.45) is 0 Å². The normalized spacial score (nSPS) is 11.0. The molecule has 0 atom stereocenters. The SMILES string of the molecule is CCOc1cccc(NS(=O)(=O)c2ccc(C)c([N+](=O)[O-])c2)c1. The molecule has 0 saturated carbocycles. The summed E-state index contributed by atoms with van der Waals surface area (Å²) < 4.78 is 32.5. The summed E-state index contributed by atoms with van der Waals surface area (Å²) in [6.07, 6.45) is 0. The number of hydrogen-bond acceptors (Lipinski definition) is 5. The molecule has 0 radical (unpaired) electrons. The third-order valence-corrected chi connectivity index (χ3v) is 4.46. The molecule has 0 fully saturated rings. The fourth-order valence-corrected chi connectivity index (χ4v) is 3.05. The van der Waals surface area contributed by atoms with Crippen LogP contribution in [0.3, 0.4) is 0 Å². The van der Waals surface area contributed by atoms with E-state index in [-0.39, 0.29) is 10.6 Å². The Morgan fingerprint density at radius 3 is 2.61 bits per heavy atom. The van der Waals surface area contributed by atoms with Crippen LogP contribution in [-0.2, 0) is 10.0 Å². The van der Waals surface area contributed by atoms with Crippen LogP contribution in [0.15, 0.2) is 47.4 Å². The molecule has 2 aromatic carbocycles. The Morgan fingerprint density at radius 2 is 1.96 bits per heavy atom. The monoisotopic (exact) mass is 336 g/mol. The fraction of sp³-hybridized carbons (Fsp3) is 0.200. The molecule has 8 heteroatoms. The van der Waals surface area contributed by atoms with Gasteiger partial charge in [0, 0.05) is 17.7 Å². The smallest absolute Gasteiger partial charge is 0.273 e. The lowest BCUT2D eigenvalue weighted by Crippen LogP contribution is -2.13. The predicted octanol–water partition coefficient (Wildman–Crippen LogP) is 3.10. The molecule has 0 saturated heterocycles. The molecule has 122 valence electrons. The first kappa shape index (κ1) is 16.8. The van der Waals surface area contributed by atoms with Gasteiger partial charge in [-0.2, -0.15) is 0 Å². The maximum absolute atomic E-state index is 12.4. The van der Waals surface area contributed by atoms with E-state index in [0.717, 1.165) is 6.07 Å². The van der Waals surface area contributed by atoms with Crippen LogP contribution in [0.1, 0.15) is 12.5 Å². The van der Waals surface area contributed by atoms with Gasteiger partial charge in [0.05, 0.1) is 22.1 Å². The van der Waals surface area contributed by atoms with Crippen molar-refractivity contribution in [3.63, 3.8) is 0 Å². The van der Waals surface area contributed by atoms with Gasteiger partial charge in [-0.15, -0.1) is 0 Å². The molecule has 0 aromatic heterocycles. The summed E-state index contributed by atoms with van der Waals surface area (Å²) in [6, 6.07) is 10.3. The zero-order valence-electron chi connectivity index (χ0n) is 12.6. The molecule has 0 aliphatic carbocycles. The summed E-state index contributed by atoms with van der Waals surface area (Å²) in [5.41, 5.74) is 0.474. The second kappa shape index (κ2) is 6.66. The van der Waals surface area contributed by atoms with E-state index >= 15 is 0 Å². The van der Waals surface area contributed by atoms with Gasteiger partial charge in [-0.25, -0.2) is 8.42 Å². The number of rotatable bonds is 6. The topological polar surface area (TPSA) is 98.5 Å². The van der Waals surface area contributed by atoms with Gasteiger partial charge in [0.2, 0.25) is 0 Å². The number of benzene rings is 2. The van der Waals surface area contributed by atoms with E-state index in [4.69, 9.17) is 4.74 Å². The molecule has 2 rings (SSSR count). The van der Waals surface area contributed by atoms with Crippen molar-refractivity contribution in [1.82, 2.24) is 0 Å². The Hall–Kier alpha value is -2.61. The van der Waals surface area contributed by atoms with Crippen LogP contribution in [0.5, 0.6) is 5.75 Å². The first-order chi connectivity index (χ1) is 10.8. The molecule has 0 aliphatic heterocycles. The van der Waals surface area contributed by atoms with Crippen molar-refractivity contribution in [2.75, 3.05) is 11.3 Å². The highest BCUT2D eigenvalue weighted by Crippen LogP contribution is 2.25. The van der Waals surface area contributed by atoms with Crippen LogP contribution in [0.25, 0.3) is 0 Å². The highest BCUT2D eigenvalue weighted by atomic mass is 32.2. The van der Waals surface area contributed by atoms with E-state index in [2.05, 4.69) is 4.72 Å². The number of ether oxygens (including phenoxy) is 1. The van der Waals surface area contributed by atoms with Crippen molar-refractivity contribution in [3.05, 3.63) is 58.1 Å². The van der Waals surface area contributed by atoms with Crippen LogP contribution in [0.4, 0.5) is 11.4 Å². The largest absolute Gasteiger partial charge is 0.494 e. The van der Waals surface area contributed by atoms with E-state index < -0.39 is 14.9 Å². The van der Waals surface area contributed by atoms with E-state index in [0.29, 0.717) is 23.6 Å². The Morgan fingerprint density at radius 1 is 1.22 bits per heavy atom. The quantitative estimate of drug-likeness (QED) is 0.645. The number of nitro benzene ring substituents is 1. The number of anilines is 1. The highest BCUT2D eigenvalue weighted by Gasteiger charge is 2.20. The average Bonchev–Trinajstić information content (AvgIpc) is 2.47. The molecule has 0 amide bonds. The van der Waals surface area contributed by atoms with E-state index in [1.165, 1.54) is 12.1 Å². The number of sulfonamides is 1. The van der Waals surface area contributed by atoms with Crippen molar-refractivity contribution in [1.29, 1.82) is 0 Å². The maximum atomic E-state index is 12.4. The van der Waals surface area contributed by atoms with E-state index in [1.807, 2.05) is 6.92 Å². The summed E-state index contributed by atoms with van der Waals surface area (Å²) in [5.74, 6) is 0.530. The number of nitrogens with one attached hydrogen (secondary N) is 1. The van der Waals surface area contributed by atoms with Gasteiger partial charge < -0.3 is 4.74 Å². The molecular weight excluding hydrogens is 320 g/mol. The van der Waals surface area contributed by atoms with Gasteiger partial charge in [-0.1, -0.05) is 12.1 Å². The van der Waals surface area contributed by atoms with Crippen LogP contribution < -0.4 is 9.46 Å². The Balaban J connectivity index is 2.34. The van der Waals surface area contributed by atoms with Crippen molar-refractivity contribution >= 4 is 21.4 Å². The van der Waals surface area contributed by atoms with E-state index in [9.17, 15) is 18.5 Å². The first-order valence-electron chi connectivity index (χ1n) is 6.84. The lowest BCUT2D eigenvalue weighted by atomic mass is 10.2. The molecular formula is C15H16N2O5S. The number of hydrogen-bond donors (Lipinski definition) is 1. The third kappa shape index (κ3) is 3.98. The van der Waals surface area contributed by atoms with Gasteiger partial charge in [0.1, 0.15) is 5.75 Å². The molecule has 23 heavy (non-hydrogen) atoms. The second-order valence-electron chi connectivity index (χ2n) is 4.77. The van der Waals surface area contributed by atoms with E-state index in [1.54, 1.807) is 31.2 Å². The average molecular weight is 336 g/mol.